The van der Waals surface area contributed by atoms with Gasteiger partial charge in [-0.3, -0.25) is 4.79 Å². The number of carbonyl (C=O) groups excluding carboxylic acids is 1. The Hall–Kier alpha value is -2.41. The van der Waals surface area contributed by atoms with Gasteiger partial charge in [0.25, 0.3) is 5.91 Å². The highest BCUT2D eigenvalue weighted by molar-refractivity contribution is 5.98. The number of pyridine rings is 1. The molecule has 0 fully saturated rings. The summed E-state index contributed by atoms with van der Waals surface area (Å²) < 4.78 is 46.3. The first-order valence-corrected chi connectivity index (χ1v) is 5.86. The second-order valence-electron chi connectivity index (χ2n) is 4.28. The van der Waals surface area contributed by atoms with Gasteiger partial charge in [0.05, 0.1) is 18.4 Å². The quantitative estimate of drug-likeness (QED) is 0.942. The number of ether oxygens (including phenoxy) is 1. The van der Waals surface area contributed by atoms with E-state index < -0.39 is 34.6 Å². The molecule has 0 radical (unpaired) electrons. The molecule has 0 aliphatic heterocycles. The summed E-state index contributed by atoms with van der Waals surface area (Å²) in [5.74, 6) is -3.77. The molecule has 0 aliphatic carbocycles. The molecule has 4 nitrogen and oxygen atoms in total. The maximum atomic E-state index is 14.1. The second-order valence-corrected chi connectivity index (χ2v) is 4.28. The zero-order valence-electron chi connectivity index (χ0n) is 11.0. The highest BCUT2D eigenvalue weighted by Gasteiger charge is 2.20. The predicted octanol–water partition coefficient (Wildman–Crippen LogP) is 2.41. The summed E-state index contributed by atoms with van der Waals surface area (Å²) in [4.78, 5) is 14.8. The van der Waals surface area contributed by atoms with Crippen molar-refractivity contribution in [3.05, 3.63) is 53.1 Å². The lowest BCUT2D eigenvalue weighted by atomic mass is 10.0. The number of methoxy groups -OCH3 is 1. The van der Waals surface area contributed by atoms with Crippen LogP contribution in [0.1, 0.15) is 16.1 Å². The second kappa shape index (κ2) is 5.92. The molecule has 7 heteroatoms. The van der Waals surface area contributed by atoms with Crippen LogP contribution in [0.3, 0.4) is 0 Å². The first-order valence-electron chi connectivity index (χ1n) is 5.86. The molecule has 1 amide bonds. The number of rotatable bonds is 4. The van der Waals surface area contributed by atoms with E-state index in [1.54, 1.807) is 0 Å². The van der Waals surface area contributed by atoms with Gasteiger partial charge in [0.1, 0.15) is 23.1 Å². The first-order chi connectivity index (χ1) is 9.93. The van der Waals surface area contributed by atoms with E-state index in [1.165, 1.54) is 7.11 Å². The number of aromatic nitrogens is 1. The van der Waals surface area contributed by atoms with Crippen LogP contribution < -0.4 is 5.73 Å². The van der Waals surface area contributed by atoms with Crippen molar-refractivity contribution in [2.24, 2.45) is 5.73 Å². The molecule has 2 rings (SSSR count). The zero-order valence-corrected chi connectivity index (χ0v) is 11.0. The van der Waals surface area contributed by atoms with Crippen LogP contribution in [0, 0.1) is 17.5 Å². The summed E-state index contributed by atoms with van der Waals surface area (Å²) in [7, 11) is 1.38. The Bertz CT molecular complexity index is 682. The fraction of sp³-hybridized carbons (Fsp3) is 0.143. The Balaban J connectivity index is 2.67. The maximum Gasteiger partial charge on any atom is 0.267 e. The molecule has 1 heterocycles. The summed E-state index contributed by atoms with van der Waals surface area (Å²) >= 11 is 0. The number of benzene rings is 1. The Morgan fingerprint density at radius 1 is 1.24 bits per heavy atom. The Morgan fingerprint density at radius 3 is 2.38 bits per heavy atom. The van der Waals surface area contributed by atoms with Crippen molar-refractivity contribution in [1.29, 1.82) is 0 Å². The molecule has 2 aromatic rings. The van der Waals surface area contributed by atoms with Crippen molar-refractivity contribution in [2.75, 3.05) is 7.11 Å². The van der Waals surface area contributed by atoms with Gasteiger partial charge in [-0.2, -0.15) is 0 Å². The number of halogens is 3. The van der Waals surface area contributed by atoms with Crippen LogP contribution in [-0.2, 0) is 11.3 Å². The van der Waals surface area contributed by atoms with Crippen LogP contribution in [0.2, 0.25) is 0 Å². The molecule has 0 atom stereocenters. The van der Waals surface area contributed by atoms with E-state index in [1.807, 2.05) is 0 Å². The molecule has 2 N–H and O–H groups in total. The number of carbonyl (C=O) groups is 1. The van der Waals surface area contributed by atoms with Gasteiger partial charge < -0.3 is 10.5 Å². The van der Waals surface area contributed by atoms with E-state index in [2.05, 4.69) is 4.98 Å². The molecule has 1 aromatic heterocycles. The zero-order chi connectivity index (χ0) is 15.6. The van der Waals surface area contributed by atoms with E-state index in [0.717, 1.165) is 24.4 Å². The Kier molecular flexibility index (Phi) is 4.23. The lowest BCUT2D eigenvalue weighted by Gasteiger charge is -2.10. The minimum absolute atomic E-state index is 0.0121. The SMILES string of the molecule is COCc1cc(F)c(-c2cc(F)cnc2C(N)=O)c(F)c1. The minimum atomic E-state index is -1.01. The summed E-state index contributed by atoms with van der Waals surface area (Å²) in [5, 5.41) is 0. The van der Waals surface area contributed by atoms with Crippen LogP contribution in [0.25, 0.3) is 11.1 Å². The molecule has 0 bridgehead atoms. The summed E-state index contributed by atoms with van der Waals surface area (Å²) in [5.41, 5.74) is 4.06. The summed E-state index contributed by atoms with van der Waals surface area (Å²) in [6, 6.07) is 2.89. The normalized spacial score (nSPS) is 10.7. The molecule has 0 spiro atoms. The summed E-state index contributed by atoms with van der Waals surface area (Å²) in [6.07, 6.45) is 0.749. The molecule has 0 saturated heterocycles. The molecule has 1 aromatic carbocycles. The Labute approximate surface area is 118 Å². The van der Waals surface area contributed by atoms with Gasteiger partial charge in [-0.05, 0) is 23.8 Å². The van der Waals surface area contributed by atoms with E-state index in [0.29, 0.717) is 0 Å². The minimum Gasteiger partial charge on any atom is -0.380 e. The number of primary amides is 1. The monoisotopic (exact) mass is 296 g/mol. The largest absolute Gasteiger partial charge is 0.380 e. The highest BCUT2D eigenvalue weighted by Crippen LogP contribution is 2.30. The van der Waals surface area contributed by atoms with Gasteiger partial charge in [0, 0.05) is 12.7 Å². The topological polar surface area (TPSA) is 65.2 Å². The standard InChI is InChI=1S/C14H11F3N2O2/c1-21-6-7-2-10(16)12(11(17)3-7)9-4-8(15)5-19-13(9)14(18)20/h2-5H,6H2,1H3,(H2,18,20). The molecular weight excluding hydrogens is 285 g/mol. The van der Waals surface area contributed by atoms with Crippen LogP contribution in [0.4, 0.5) is 13.2 Å². The fourth-order valence-corrected chi connectivity index (χ4v) is 1.96. The molecule has 0 aliphatic rings. The summed E-state index contributed by atoms with van der Waals surface area (Å²) in [6.45, 7) is 0.0121. The Morgan fingerprint density at radius 2 is 1.86 bits per heavy atom. The third kappa shape index (κ3) is 3.03. The third-order valence-corrected chi connectivity index (χ3v) is 2.77. The van der Waals surface area contributed by atoms with E-state index in [9.17, 15) is 18.0 Å². The lowest BCUT2D eigenvalue weighted by molar-refractivity contribution is 0.0996. The van der Waals surface area contributed by atoms with Gasteiger partial charge in [-0.25, -0.2) is 18.2 Å². The number of amides is 1. The molecule has 21 heavy (non-hydrogen) atoms. The van der Waals surface area contributed by atoms with Crippen LogP contribution in [-0.4, -0.2) is 18.0 Å². The van der Waals surface area contributed by atoms with E-state index >= 15 is 0 Å². The molecule has 0 saturated carbocycles. The van der Waals surface area contributed by atoms with Crippen molar-refractivity contribution >= 4 is 5.91 Å². The van der Waals surface area contributed by atoms with Crippen molar-refractivity contribution in [1.82, 2.24) is 4.98 Å². The van der Waals surface area contributed by atoms with Gasteiger partial charge >= 0.3 is 0 Å². The average molecular weight is 296 g/mol. The third-order valence-electron chi connectivity index (χ3n) is 2.77. The van der Waals surface area contributed by atoms with Crippen LogP contribution >= 0.6 is 0 Å². The predicted molar refractivity (Wildman–Crippen MR) is 68.8 cm³/mol. The smallest absolute Gasteiger partial charge is 0.267 e. The van der Waals surface area contributed by atoms with E-state index in [-0.39, 0.29) is 17.7 Å². The van der Waals surface area contributed by atoms with E-state index in [4.69, 9.17) is 10.5 Å². The maximum absolute atomic E-state index is 14.1. The van der Waals surface area contributed by atoms with Crippen molar-refractivity contribution in [3.63, 3.8) is 0 Å². The van der Waals surface area contributed by atoms with Gasteiger partial charge in [0.15, 0.2) is 0 Å². The molecular formula is C14H11F3N2O2. The van der Waals surface area contributed by atoms with Gasteiger partial charge in [-0.1, -0.05) is 0 Å². The van der Waals surface area contributed by atoms with Gasteiger partial charge in [0.2, 0.25) is 0 Å². The molecule has 110 valence electrons. The number of nitrogens with two attached hydrogens (primary N) is 1. The molecule has 0 unspecified atom stereocenters. The first kappa shape index (κ1) is 15.0. The van der Waals surface area contributed by atoms with Crippen LogP contribution in [0.15, 0.2) is 24.4 Å². The lowest BCUT2D eigenvalue weighted by Crippen LogP contribution is -2.15. The van der Waals surface area contributed by atoms with Crippen molar-refractivity contribution < 1.29 is 22.7 Å². The average Bonchev–Trinajstić information content (AvgIpc) is 2.38. The highest BCUT2D eigenvalue weighted by atomic mass is 19.1. The van der Waals surface area contributed by atoms with Crippen LogP contribution in [0.5, 0.6) is 0 Å². The number of nitrogens with zero attached hydrogens (tertiary/aromatic N) is 1. The van der Waals surface area contributed by atoms with Gasteiger partial charge in [-0.15, -0.1) is 0 Å². The fourth-order valence-electron chi connectivity index (χ4n) is 1.96. The van der Waals surface area contributed by atoms with Crippen molar-refractivity contribution in [3.8, 4) is 11.1 Å². The number of hydrogen-bond acceptors (Lipinski definition) is 3. The van der Waals surface area contributed by atoms with Crippen molar-refractivity contribution in [2.45, 2.75) is 6.61 Å². The number of hydrogen-bond donors (Lipinski definition) is 1.